The predicted octanol–water partition coefficient (Wildman–Crippen LogP) is 2.76. The number of hydrogen-bond acceptors (Lipinski definition) is 4. The van der Waals surface area contributed by atoms with Gasteiger partial charge in [0, 0.05) is 12.7 Å². The summed E-state index contributed by atoms with van der Waals surface area (Å²) < 4.78 is 41.3. The maximum absolute atomic E-state index is 13.1. The van der Waals surface area contributed by atoms with Crippen LogP contribution in [0.4, 0.5) is 13.2 Å². The van der Waals surface area contributed by atoms with Crippen LogP contribution in [-0.4, -0.2) is 49.3 Å². The fourth-order valence-electron chi connectivity index (χ4n) is 2.71. The topological polar surface area (TPSA) is 63.9 Å². The van der Waals surface area contributed by atoms with E-state index in [9.17, 15) is 18.0 Å². The van der Waals surface area contributed by atoms with Crippen LogP contribution < -0.4 is 0 Å². The van der Waals surface area contributed by atoms with Crippen LogP contribution in [-0.2, 0) is 4.43 Å². The van der Waals surface area contributed by atoms with E-state index >= 15 is 0 Å². The van der Waals surface area contributed by atoms with Gasteiger partial charge in [-0.15, -0.1) is 0 Å². The van der Waals surface area contributed by atoms with Crippen molar-refractivity contribution in [2.24, 2.45) is 0 Å². The summed E-state index contributed by atoms with van der Waals surface area (Å²) in [5.74, 6) is -0.177. The zero-order chi connectivity index (χ0) is 17.3. The third-order valence-electron chi connectivity index (χ3n) is 3.79. The second-order valence-electron chi connectivity index (χ2n) is 5.31. The fraction of sp³-hybridized carbons (Fsp3) is 0.429. The SMILES string of the molecule is O=C(c1ncccc1-n1cnc(CI)n1)N1CCC[C@@H]1C(F)(F)F. The first-order valence-electron chi connectivity index (χ1n) is 7.21. The van der Waals surface area contributed by atoms with Gasteiger partial charge in [0.05, 0.1) is 10.1 Å². The number of amides is 1. The van der Waals surface area contributed by atoms with Crippen molar-refractivity contribution in [3.8, 4) is 5.69 Å². The lowest BCUT2D eigenvalue weighted by atomic mass is 10.2. The third kappa shape index (κ3) is 3.23. The number of likely N-dealkylation sites (tertiary alicyclic amines) is 1. The van der Waals surface area contributed by atoms with E-state index < -0.39 is 18.1 Å². The van der Waals surface area contributed by atoms with Crippen molar-refractivity contribution in [1.82, 2.24) is 24.6 Å². The Kier molecular flexibility index (Phi) is 4.74. The monoisotopic (exact) mass is 451 g/mol. The van der Waals surface area contributed by atoms with E-state index in [0.717, 1.165) is 4.90 Å². The quantitative estimate of drug-likeness (QED) is 0.532. The highest BCUT2D eigenvalue weighted by Crippen LogP contribution is 2.33. The summed E-state index contributed by atoms with van der Waals surface area (Å²) >= 11 is 2.10. The number of halogens is 4. The second kappa shape index (κ2) is 6.65. The first-order valence-corrected chi connectivity index (χ1v) is 8.74. The summed E-state index contributed by atoms with van der Waals surface area (Å²) in [6, 6.07) is 1.42. The molecule has 0 unspecified atom stereocenters. The molecule has 1 saturated heterocycles. The van der Waals surface area contributed by atoms with Crippen molar-refractivity contribution in [3.63, 3.8) is 0 Å². The fourth-order valence-corrected chi connectivity index (χ4v) is 3.06. The van der Waals surface area contributed by atoms with Gasteiger partial charge in [-0.3, -0.25) is 4.79 Å². The van der Waals surface area contributed by atoms with E-state index in [0.29, 0.717) is 22.4 Å². The number of nitrogens with zero attached hydrogens (tertiary/aromatic N) is 5. The number of hydrogen-bond donors (Lipinski definition) is 0. The van der Waals surface area contributed by atoms with E-state index in [1.54, 1.807) is 12.1 Å². The summed E-state index contributed by atoms with van der Waals surface area (Å²) in [5, 5.41) is 4.20. The van der Waals surface area contributed by atoms with Crippen LogP contribution in [0.15, 0.2) is 24.7 Å². The van der Waals surface area contributed by atoms with E-state index in [1.165, 1.54) is 17.2 Å². The lowest BCUT2D eigenvalue weighted by molar-refractivity contribution is -0.169. The molecule has 0 bridgehead atoms. The largest absolute Gasteiger partial charge is 0.408 e. The highest BCUT2D eigenvalue weighted by atomic mass is 127. The Morgan fingerprint density at radius 2 is 2.17 bits per heavy atom. The average Bonchev–Trinajstić information content (AvgIpc) is 3.22. The Labute approximate surface area is 149 Å². The number of pyridine rings is 1. The Bertz CT molecular complexity index is 748. The van der Waals surface area contributed by atoms with Gasteiger partial charge in [0.2, 0.25) is 0 Å². The van der Waals surface area contributed by atoms with Crippen molar-refractivity contribution >= 4 is 28.5 Å². The third-order valence-corrected chi connectivity index (χ3v) is 4.47. The Hall–Kier alpha value is -1.72. The van der Waals surface area contributed by atoms with E-state index in [4.69, 9.17) is 0 Å². The standard InChI is InChI=1S/C14H13F3IN5O/c15-14(16,17)10-4-2-6-22(10)13(24)12-9(3-1-5-19-12)23-8-20-11(7-18)21-23/h1,3,5,8,10H,2,4,6-7H2/t10-/m1/s1. The lowest BCUT2D eigenvalue weighted by Crippen LogP contribution is -2.45. The first-order chi connectivity index (χ1) is 11.4. The Balaban J connectivity index is 1.96. The molecule has 1 atom stereocenters. The molecule has 10 heteroatoms. The first kappa shape index (κ1) is 17.1. The van der Waals surface area contributed by atoms with Crippen molar-refractivity contribution in [2.75, 3.05) is 6.54 Å². The van der Waals surface area contributed by atoms with Crippen LogP contribution in [0.2, 0.25) is 0 Å². The van der Waals surface area contributed by atoms with Gasteiger partial charge in [0.1, 0.15) is 12.4 Å². The second-order valence-corrected chi connectivity index (χ2v) is 6.07. The summed E-state index contributed by atoms with van der Waals surface area (Å²) in [7, 11) is 0. The highest BCUT2D eigenvalue weighted by molar-refractivity contribution is 14.1. The molecule has 128 valence electrons. The van der Waals surface area contributed by atoms with Crippen molar-refractivity contribution in [1.29, 1.82) is 0 Å². The smallest absolute Gasteiger partial charge is 0.325 e. The summed E-state index contributed by atoms with van der Waals surface area (Å²) in [6.45, 7) is 0.0649. The molecule has 24 heavy (non-hydrogen) atoms. The van der Waals surface area contributed by atoms with Gasteiger partial charge in [-0.25, -0.2) is 14.6 Å². The predicted molar refractivity (Wildman–Crippen MR) is 87.0 cm³/mol. The molecule has 1 fully saturated rings. The van der Waals surface area contributed by atoms with Crippen LogP contribution in [0, 0.1) is 0 Å². The summed E-state index contributed by atoms with van der Waals surface area (Å²) in [5.41, 5.74) is 0.262. The highest BCUT2D eigenvalue weighted by Gasteiger charge is 2.48. The molecule has 3 heterocycles. The molecule has 0 N–H and O–H groups in total. The van der Waals surface area contributed by atoms with Gasteiger partial charge < -0.3 is 4.90 Å². The minimum atomic E-state index is -4.44. The van der Waals surface area contributed by atoms with E-state index in [2.05, 4.69) is 37.7 Å². The van der Waals surface area contributed by atoms with Crippen molar-refractivity contribution in [2.45, 2.75) is 29.5 Å². The molecule has 6 nitrogen and oxygen atoms in total. The molecule has 2 aromatic heterocycles. The normalized spacial score (nSPS) is 18.2. The number of aromatic nitrogens is 4. The lowest BCUT2D eigenvalue weighted by Gasteiger charge is -2.26. The molecule has 1 aliphatic heterocycles. The van der Waals surface area contributed by atoms with Crippen LogP contribution in [0.3, 0.4) is 0 Å². The molecular formula is C14H13F3IN5O. The van der Waals surface area contributed by atoms with Gasteiger partial charge in [-0.1, -0.05) is 22.6 Å². The number of carbonyl (C=O) groups is 1. The molecule has 0 spiro atoms. The molecule has 2 aromatic rings. The van der Waals surface area contributed by atoms with Crippen molar-refractivity contribution in [3.05, 3.63) is 36.2 Å². The maximum Gasteiger partial charge on any atom is 0.408 e. The molecule has 1 aliphatic rings. The molecular weight excluding hydrogens is 438 g/mol. The van der Waals surface area contributed by atoms with E-state index in [1.807, 2.05) is 0 Å². The zero-order valence-electron chi connectivity index (χ0n) is 12.4. The molecule has 0 saturated carbocycles. The van der Waals surface area contributed by atoms with Crippen LogP contribution in [0.25, 0.3) is 5.69 Å². The number of carbonyl (C=O) groups excluding carboxylic acids is 1. The summed E-state index contributed by atoms with van der Waals surface area (Å²) in [6.07, 6.45) is -1.40. The maximum atomic E-state index is 13.1. The number of alkyl halides is 4. The van der Waals surface area contributed by atoms with E-state index in [-0.39, 0.29) is 18.7 Å². The molecule has 0 aromatic carbocycles. The van der Waals surface area contributed by atoms with Gasteiger partial charge in [-0.2, -0.15) is 18.3 Å². The number of rotatable bonds is 3. The molecule has 3 rings (SSSR count). The molecule has 0 aliphatic carbocycles. The minimum Gasteiger partial charge on any atom is -0.325 e. The van der Waals surface area contributed by atoms with Gasteiger partial charge in [-0.05, 0) is 25.0 Å². The summed E-state index contributed by atoms with van der Waals surface area (Å²) in [4.78, 5) is 21.6. The Morgan fingerprint density at radius 3 is 2.83 bits per heavy atom. The van der Waals surface area contributed by atoms with Gasteiger partial charge in [0.25, 0.3) is 5.91 Å². The van der Waals surface area contributed by atoms with Gasteiger partial charge >= 0.3 is 6.18 Å². The average molecular weight is 451 g/mol. The van der Waals surface area contributed by atoms with Crippen LogP contribution >= 0.6 is 22.6 Å². The molecule has 1 amide bonds. The van der Waals surface area contributed by atoms with Crippen LogP contribution in [0.5, 0.6) is 0 Å². The van der Waals surface area contributed by atoms with Crippen molar-refractivity contribution < 1.29 is 18.0 Å². The minimum absolute atomic E-state index is 0.0569. The zero-order valence-corrected chi connectivity index (χ0v) is 14.5. The van der Waals surface area contributed by atoms with Gasteiger partial charge in [0.15, 0.2) is 11.5 Å². The Morgan fingerprint density at radius 1 is 1.38 bits per heavy atom. The van der Waals surface area contributed by atoms with Crippen LogP contribution in [0.1, 0.15) is 29.2 Å². The molecule has 0 radical (unpaired) electrons.